The molecule has 5 nitrogen and oxygen atoms in total. The van der Waals surface area contributed by atoms with Crippen molar-refractivity contribution in [2.24, 2.45) is 11.8 Å². The van der Waals surface area contributed by atoms with Gasteiger partial charge in [-0.25, -0.2) is 0 Å². The van der Waals surface area contributed by atoms with Crippen molar-refractivity contribution in [3.05, 3.63) is 0 Å². The molecule has 0 aliphatic rings. The predicted octanol–water partition coefficient (Wildman–Crippen LogP) is 2.63. The van der Waals surface area contributed by atoms with E-state index in [1.807, 2.05) is 0 Å². The van der Waals surface area contributed by atoms with E-state index in [9.17, 15) is 4.79 Å². The van der Waals surface area contributed by atoms with Crippen molar-refractivity contribution in [1.82, 2.24) is 5.32 Å². The van der Waals surface area contributed by atoms with Crippen LogP contribution in [0.2, 0.25) is 0 Å². The van der Waals surface area contributed by atoms with Gasteiger partial charge in [-0.2, -0.15) is 0 Å². The highest BCUT2D eigenvalue weighted by atomic mass is 16.5. The molecule has 1 N–H and O–H groups in total. The van der Waals surface area contributed by atoms with E-state index in [0.717, 1.165) is 19.4 Å². The second kappa shape index (κ2) is 15.3. The van der Waals surface area contributed by atoms with E-state index in [2.05, 4.69) is 33.0 Å². The molecule has 1 amide bonds. The summed E-state index contributed by atoms with van der Waals surface area (Å²) in [7, 11) is 0. The van der Waals surface area contributed by atoms with Crippen LogP contribution in [0.15, 0.2) is 0 Å². The summed E-state index contributed by atoms with van der Waals surface area (Å²) in [5.74, 6) is 1.35. The van der Waals surface area contributed by atoms with Crippen molar-refractivity contribution in [3.63, 3.8) is 0 Å². The lowest BCUT2D eigenvalue weighted by Crippen LogP contribution is -2.27. The lowest BCUT2D eigenvalue weighted by molar-refractivity contribution is -0.121. The highest BCUT2D eigenvalue weighted by Gasteiger charge is 2.02. The summed E-state index contributed by atoms with van der Waals surface area (Å²) >= 11 is 0. The molecule has 0 aromatic carbocycles. The van der Waals surface area contributed by atoms with Crippen LogP contribution in [0.3, 0.4) is 0 Å². The van der Waals surface area contributed by atoms with Crippen LogP contribution in [0.25, 0.3) is 0 Å². The third kappa shape index (κ3) is 17.4. The molecule has 0 unspecified atom stereocenters. The maximum absolute atomic E-state index is 11.4. The number of nitrogens with one attached hydrogen (secondary N) is 1. The Balaban J connectivity index is 3.12. The van der Waals surface area contributed by atoms with Gasteiger partial charge in [0, 0.05) is 19.6 Å². The molecule has 132 valence electrons. The van der Waals surface area contributed by atoms with E-state index in [0.29, 0.717) is 57.8 Å². The average molecular weight is 317 g/mol. The lowest BCUT2D eigenvalue weighted by atomic mass is 10.1. The molecule has 0 aromatic heterocycles. The van der Waals surface area contributed by atoms with Crippen LogP contribution in [-0.4, -0.2) is 52.1 Å². The van der Waals surface area contributed by atoms with Crippen molar-refractivity contribution < 1.29 is 19.0 Å². The molecule has 0 radical (unpaired) electrons. The fraction of sp³-hybridized carbons (Fsp3) is 0.941. The number of carbonyl (C=O) groups excluding carboxylic acids is 1. The Hall–Kier alpha value is -0.650. The standard InChI is InChI=1S/C17H35NO4/c1-15(2)5-6-17(19)18-8-10-21-12-14-22-13-11-20-9-7-16(3)4/h15-16H,5-14H2,1-4H3,(H,18,19). The molecule has 0 rings (SSSR count). The van der Waals surface area contributed by atoms with E-state index >= 15 is 0 Å². The molecule has 0 saturated carbocycles. The molecule has 0 fully saturated rings. The number of rotatable bonds is 15. The second-order valence-corrected chi connectivity index (χ2v) is 6.30. The van der Waals surface area contributed by atoms with Gasteiger partial charge in [-0.05, 0) is 24.7 Å². The van der Waals surface area contributed by atoms with Crippen LogP contribution < -0.4 is 5.32 Å². The monoisotopic (exact) mass is 317 g/mol. The van der Waals surface area contributed by atoms with E-state index < -0.39 is 0 Å². The molecule has 0 heterocycles. The van der Waals surface area contributed by atoms with Gasteiger partial charge in [-0.3, -0.25) is 4.79 Å². The Morgan fingerprint density at radius 3 is 1.82 bits per heavy atom. The Kier molecular flexibility index (Phi) is 14.8. The molecular formula is C17H35NO4. The predicted molar refractivity (Wildman–Crippen MR) is 89.0 cm³/mol. The van der Waals surface area contributed by atoms with E-state index in [4.69, 9.17) is 14.2 Å². The highest BCUT2D eigenvalue weighted by molar-refractivity contribution is 5.75. The lowest BCUT2D eigenvalue weighted by Gasteiger charge is -2.09. The van der Waals surface area contributed by atoms with Crippen molar-refractivity contribution in [2.75, 3.05) is 46.2 Å². The minimum absolute atomic E-state index is 0.104. The van der Waals surface area contributed by atoms with E-state index in [1.165, 1.54) is 0 Å². The normalized spacial score (nSPS) is 11.4. The number of hydrogen-bond donors (Lipinski definition) is 1. The third-order valence-electron chi connectivity index (χ3n) is 3.10. The molecule has 0 aromatic rings. The largest absolute Gasteiger partial charge is 0.379 e. The first-order valence-corrected chi connectivity index (χ1v) is 8.52. The Morgan fingerprint density at radius 1 is 0.773 bits per heavy atom. The zero-order chi connectivity index (χ0) is 16.6. The van der Waals surface area contributed by atoms with Gasteiger partial charge in [0.15, 0.2) is 0 Å². The molecular weight excluding hydrogens is 282 g/mol. The Morgan fingerprint density at radius 2 is 1.27 bits per heavy atom. The van der Waals surface area contributed by atoms with Gasteiger partial charge in [0.1, 0.15) is 0 Å². The Labute approximate surface area is 136 Å². The van der Waals surface area contributed by atoms with Crippen molar-refractivity contribution >= 4 is 5.91 Å². The smallest absolute Gasteiger partial charge is 0.220 e. The third-order valence-corrected chi connectivity index (χ3v) is 3.10. The van der Waals surface area contributed by atoms with Gasteiger partial charge in [-0.1, -0.05) is 27.7 Å². The first-order valence-electron chi connectivity index (χ1n) is 8.52. The quantitative estimate of drug-likeness (QED) is 0.472. The number of carbonyl (C=O) groups is 1. The summed E-state index contributed by atoms with van der Waals surface area (Å²) in [6, 6.07) is 0. The van der Waals surface area contributed by atoms with Crippen LogP contribution in [0.1, 0.15) is 47.0 Å². The molecule has 22 heavy (non-hydrogen) atoms. The molecule has 0 aliphatic carbocycles. The number of amides is 1. The zero-order valence-electron chi connectivity index (χ0n) is 14.9. The number of hydrogen-bond acceptors (Lipinski definition) is 4. The fourth-order valence-electron chi connectivity index (χ4n) is 1.63. The van der Waals surface area contributed by atoms with Crippen molar-refractivity contribution in [3.8, 4) is 0 Å². The molecule has 0 saturated heterocycles. The highest BCUT2D eigenvalue weighted by Crippen LogP contribution is 2.02. The van der Waals surface area contributed by atoms with Crippen LogP contribution in [0.4, 0.5) is 0 Å². The first kappa shape index (κ1) is 21.4. The van der Waals surface area contributed by atoms with Gasteiger partial charge in [0.2, 0.25) is 5.91 Å². The van der Waals surface area contributed by atoms with E-state index in [1.54, 1.807) is 0 Å². The van der Waals surface area contributed by atoms with Gasteiger partial charge in [0.25, 0.3) is 0 Å². The van der Waals surface area contributed by atoms with Gasteiger partial charge in [0.05, 0.1) is 33.0 Å². The summed E-state index contributed by atoms with van der Waals surface area (Å²) in [4.78, 5) is 11.4. The van der Waals surface area contributed by atoms with Crippen LogP contribution in [0, 0.1) is 11.8 Å². The van der Waals surface area contributed by atoms with Gasteiger partial charge >= 0.3 is 0 Å². The maximum atomic E-state index is 11.4. The maximum Gasteiger partial charge on any atom is 0.220 e. The van der Waals surface area contributed by atoms with Crippen molar-refractivity contribution in [2.45, 2.75) is 47.0 Å². The summed E-state index contributed by atoms with van der Waals surface area (Å²) in [5, 5.41) is 2.85. The minimum atomic E-state index is 0.104. The van der Waals surface area contributed by atoms with Crippen LogP contribution in [0.5, 0.6) is 0 Å². The summed E-state index contributed by atoms with van der Waals surface area (Å²) in [5.41, 5.74) is 0. The molecule has 0 atom stereocenters. The average Bonchev–Trinajstić information content (AvgIpc) is 2.45. The molecule has 5 heteroatoms. The zero-order valence-corrected chi connectivity index (χ0v) is 14.9. The molecule has 0 spiro atoms. The fourth-order valence-corrected chi connectivity index (χ4v) is 1.63. The van der Waals surface area contributed by atoms with E-state index in [-0.39, 0.29) is 5.91 Å². The Bertz CT molecular complexity index is 257. The summed E-state index contributed by atoms with van der Waals surface area (Å²) < 4.78 is 16.2. The molecule has 0 aliphatic heterocycles. The minimum Gasteiger partial charge on any atom is -0.379 e. The topological polar surface area (TPSA) is 56.8 Å². The molecule has 0 bridgehead atoms. The summed E-state index contributed by atoms with van der Waals surface area (Å²) in [6.45, 7) is 12.9. The second-order valence-electron chi connectivity index (χ2n) is 6.30. The summed E-state index contributed by atoms with van der Waals surface area (Å²) in [6.07, 6.45) is 2.61. The van der Waals surface area contributed by atoms with Crippen LogP contribution in [-0.2, 0) is 19.0 Å². The SMILES string of the molecule is CC(C)CCOCCOCCOCCNC(=O)CCC(C)C. The van der Waals surface area contributed by atoms with Gasteiger partial charge in [-0.15, -0.1) is 0 Å². The first-order chi connectivity index (χ1) is 10.5. The van der Waals surface area contributed by atoms with Gasteiger partial charge < -0.3 is 19.5 Å². The van der Waals surface area contributed by atoms with Crippen molar-refractivity contribution in [1.29, 1.82) is 0 Å². The number of ether oxygens (including phenoxy) is 3. The van der Waals surface area contributed by atoms with Crippen LogP contribution >= 0.6 is 0 Å².